The van der Waals surface area contributed by atoms with Crippen molar-refractivity contribution in [3.05, 3.63) is 188 Å². The topological polar surface area (TPSA) is 62.5 Å². The zero-order valence-corrected chi connectivity index (χ0v) is 29.1. The highest BCUT2D eigenvalue weighted by Crippen LogP contribution is 2.46. The molecule has 0 radical (unpaired) electrons. The molecule has 0 aliphatic heterocycles. The minimum Gasteiger partial charge on any atom is -0.208 e. The van der Waals surface area contributed by atoms with E-state index in [4.69, 9.17) is 15.0 Å². The number of benzene rings is 9. The Hall–Kier alpha value is -7.48. The van der Waals surface area contributed by atoms with Crippen molar-refractivity contribution in [3.8, 4) is 62.5 Å². The summed E-state index contributed by atoms with van der Waals surface area (Å²) in [6.45, 7) is 0. The molecule has 4 nitrogen and oxygen atoms in total. The first-order chi connectivity index (χ1) is 26.7. The van der Waals surface area contributed by atoms with E-state index in [2.05, 4.69) is 127 Å². The minimum atomic E-state index is 0.588. The maximum Gasteiger partial charge on any atom is 0.165 e. The van der Waals surface area contributed by atoms with Crippen molar-refractivity contribution in [1.82, 2.24) is 15.0 Å². The fourth-order valence-electron chi connectivity index (χ4n) is 7.74. The van der Waals surface area contributed by atoms with Crippen LogP contribution in [0, 0.1) is 11.3 Å². The van der Waals surface area contributed by atoms with Crippen molar-refractivity contribution in [1.29, 1.82) is 5.26 Å². The molecule has 10 aromatic rings. The lowest BCUT2D eigenvalue weighted by Gasteiger charge is -2.19. The molecule has 0 atom stereocenters. The van der Waals surface area contributed by atoms with Crippen LogP contribution in [0.5, 0.6) is 0 Å². The van der Waals surface area contributed by atoms with Gasteiger partial charge in [-0.15, -0.1) is 0 Å². The summed E-state index contributed by atoms with van der Waals surface area (Å²) >= 11 is 0. The van der Waals surface area contributed by atoms with Gasteiger partial charge in [0.25, 0.3) is 0 Å². The Morgan fingerprint density at radius 1 is 0.333 bits per heavy atom. The number of aromatic nitrogens is 3. The van der Waals surface area contributed by atoms with Gasteiger partial charge in [-0.25, -0.2) is 15.0 Å². The van der Waals surface area contributed by atoms with E-state index in [0.717, 1.165) is 65.7 Å². The standard InChI is InChI=1S/C50H30N4/c51-31-32-21-23-34(24-22-32)38-16-10-17-40(30-38)49-52-48(36-13-2-1-3-14-36)53-50(54-49)47-43-20-9-8-19-42(43)45(39-26-25-33-11-4-5-15-37(33)29-39)44-28-27-35-12-6-7-18-41(35)46(44)47/h1-30H. The molecule has 0 aliphatic rings. The van der Waals surface area contributed by atoms with Crippen molar-refractivity contribution in [2.24, 2.45) is 0 Å². The lowest BCUT2D eigenvalue weighted by molar-refractivity contribution is 1.08. The maximum absolute atomic E-state index is 9.36. The SMILES string of the molecule is N#Cc1ccc(-c2cccc(-c3nc(-c4ccccc4)nc(-c4c5ccccc5c(-c5ccc6ccccc6c5)c5ccc6ccccc6c45)n3)c2)cc1. The third-order valence-corrected chi connectivity index (χ3v) is 10.3. The average Bonchev–Trinajstić information content (AvgIpc) is 3.25. The summed E-state index contributed by atoms with van der Waals surface area (Å²) in [7, 11) is 0. The highest BCUT2D eigenvalue weighted by atomic mass is 15.0. The van der Waals surface area contributed by atoms with Crippen LogP contribution in [0.3, 0.4) is 0 Å². The van der Waals surface area contributed by atoms with Gasteiger partial charge in [-0.1, -0.05) is 158 Å². The Balaban J connectivity index is 1.29. The zero-order chi connectivity index (χ0) is 36.0. The van der Waals surface area contributed by atoms with Gasteiger partial charge in [0.1, 0.15) is 0 Å². The molecule has 0 unspecified atom stereocenters. The smallest absolute Gasteiger partial charge is 0.165 e. The van der Waals surface area contributed by atoms with Crippen LogP contribution in [0.25, 0.3) is 99.5 Å². The maximum atomic E-state index is 9.36. The second-order valence-electron chi connectivity index (χ2n) is 13.5. The van der Waals surface area contributed by atoms with Gasteiger partial charge in [0.15, 0.2) is 17.5 Å². The second-order valence-corrected chi connectivity index (χ2v) is 13.5. The predicted octanol–water partition coefficient (Wildman–Crippen LogP) is 12.7. The van der Waals surface area contributed by atoms with E-state index in [9.17, 15) is 5.26 Å². The normalized spacial score (nSPS) is 11.3. The first-order valence-electron chi connectivity index (χ1n) is 18.0. The molecule has 1 heterocycles. The van der Waals surface area contributed by atoms with Crippen molar-refractivity contribution in [2.45, 2.75) is 0 Å². The second kappa shape index (κ2) is 12.9. The van der Waals surface area contributed by atoms with Crippen molar-refractivity contribution in [2.75, 3.05) is 0 Å². The van der Waals surface area contributed by atoms with Gasteiger partial charge >= 0.3 is 0 Å². The van der Waals surface area contributed by atoms with Crippen molar-refractivity contribution >= 4 is 43.1 Å². The number of fused-ring (bicyclic) bond motifs is 5. The molecule has 54 heavy (non-hydrogen) atoms. The summed E-state index contributed by atoms with van der Waals surface area (Å²) in [6, 6.07) is 65.3. The van der Waals surface area contributed by atoms with Crippen molar-refractivity contribution in [3.63, 3.8) is 0 Å². The first-order valence-corrected chi connectivity index (χ1v) is 18.0. The van der Waals surface area contributed by atoms with E-state index < -0.39 is 0 Å². The summed E-state index contributed by atoms with van der Waals surface area (Å²) in [6.07, 6.45) is 0. The van der Waals surface area contributed by atoms with E-state index in [0.29, 0.717) is 23.0 Å². The Labute approximate surface area is 312 Å². The Kier molecular flexibility index (Phi) is 7.49. The van der Waals surface area contributed by atoms with E-state index in [1.54, 1.807) is 0 Å². The van der Waals surface area contributed by atoms with Crippen LogP contribution in [0.4, 0.5) is 0 Å². The van der Waals surface area contributed by atoms with E-state index in [-0.39, 0.29) is 0 Å². The number of nitrogens with zero attached hydrogens (tertiary/aromatic N) is 4. The zero-order valence-electron chi connectivity index (χ0n) is 29.1. The number of hydrogen-bond acceptors (Lipinski definition) is 4. The van der Waals surface area contributed by atoms with E-state index in [1.807, 2.05) is 60.7 Å². The molecule has 1 aromatic heterocycles. The molecule has 10 rings (SSSR count). The van der Waals surface area contributed by atoms with Crippen LogP contribution >= 0.6 is 0 Å². The van der Waals surface area contributed by atoms with Crippen LogP contribution in [0.1, 0.15) is 5.56 Å². The molecule has 0 N–H and O–H groups in total. The largest absolute Gasteiger partial charge is 0.208 e. The summed E-state index contributed by atoms with van der Waals surface area (Å²) in [4.78, 5) is 15.8. The van der Waals surface area contributed by atoms with Gasteiger partial charge in [-0.3, -0.25) is 0 Å². The van der Waals surface area contributed by atoms with Crippen LogP contribution < -0.4 is 0 Å². The Morgan fingerprint density at radius 3 is 1.69 bits per heavy atom. The van der Waals surface area contributed by atoms with Gasteiger partial charge in [0.2, 0.25) is 0 Å². The fourth-order valence-corrected chi connectivity index (χ4v) is 7.74. The van der Waals surface area contributed by atoms with Gasteiger partial charge < -0.3 is 0 Å². The molecule has 0 saturated heterocycles. The van der Waals surface area contributed by atoms with Gasteiger partial charge in [-0.05, 0) is 84.2 Å². The van der Waals surface area contributed by atoms with Crippen LogP contribution in [0.15, 0.2) is 182 Å². The molecule has 0 amide bonds. The Bertz CT molecular complexity index is 3110. The van der Waals surface area contributed by atoms with E-state index >= 15 is 0 Å². The minimum absolute atomic E-state index is 0.588. The molecule has 0 bridgehead atoms. The lowest BCUT2D eigenvalue weighted by atomic mass is 9.85. The van der Waals surface area contributed by atoms with Gasteiger partial charge in [0.05, 0.1) is 11.6 Å². The number of rotatable bonds is 5. The third-order valence-electron chi connectivity index (χ3n) is 10.3. The van der Waals surface area contributed by atoms with E-state index in [1.165, 1.54) is 16.3 Å². The molecule has 0 saturated carbocycles. The molecule has 250 valence electrons. The quantitative estimate of drug-likeness (QED) is 0.134. The highest BCUT2D eigenvalue weighted by Gasteiger charge is 2.22. The van der Waals surface area contributed by atoms with Crippen LogP contribution in [-0.4, -0.2) is 15.0 Å². The van der Waals surface area contributed by atoms with Gasteiger partial charge in [-0.2, -0.15) is 5.26 Å². The summed E-state index contributed by atoms with van der Waals surface area (Å²) in [5.41, 5.74) is 7.78. The lowest BCUT2D eigenvalue weighted by Crippen LogP contribution is -2.02. The summed E-state index contributed by atoms with van der Waals surface area (Å²) < 4.78 is 0. The average molecular weight is 687 g/mol. The van der Waals surface area contributed by atoms with Crippen LogP contribution in [-0.2, 0) is 0 Å². The molecule has 9 aromatic carbocycles. The molecule has 0 fully saturated rings. The van der Waals surface area contributed by atoms with Gasteiger partial charge in [0, 0.05) is 22.1 Å². The number of hydrogen-bond donors (Lipinski definition) is 0. The predicted molar refractivity (Wildman–Crippen MR) is 222 cm³/mol. The molecular formula is C50H30N4. The first kappa shape index (κ1) is 31.3. The van der Waals surface area contributed by atoms with Crippen molar-refractivity contribution < 1.29 is 0 Å². The molecule has 0 aliphatic carbocycles. The fraction of sp³-hybridized carbons (Fsp3) is 0. The molecular weight excluding hydrogens is 657 g/mol. The van der Waals surface area contributed by atoms with Crippen LogP contribution in [0.2, 0.25) is 0 Å². The Morgan fingerprint density at radius 2 is 0.907 bits per heavy atom. The number of nitriles is 1. The monoisotopic (exact) mass is 686 g/mol. The molecule has 4 heteroatoms. The third kappa shape index (κ3) is 5.35. The summed E-state index contributed by atoms with van der Waals surface area (Å²) in [5, 5.41) is 18.5. The highest BCUT2D eigenvalue weighted by molar-refractivity contribution is 6.27. The molecule has 0 spiro atoms. The summed E-state index contributed by atoms with van der Waals surface area (Å²) in [5.74, 6) is 1.81.